The summed E-state index contributed by atoms with van der Waals surface area (Å²) in [6.07, 6.45) is 0. The molecule has 1 fully saturated rings. The van der Waals surface area contributed by atoms with Crippen molar-refractivity contribution >= 4 is 16.1 Å². The molecule has 1 heterocycles. The maximum atomic E-state index is 11.9. The van der Waals surface area contributed by atoms with Crippen LogP contribution in [-0.4, -0.2) is 55.8 Å². The van der Waals surface area contributed by atoms with Crippen LogP contribution in [0, 0.1) is 5.92 Å². The monoisotopic (exact) mass is 264 g/mol. The van der Waals surface area contributed by atoms with Crippen molar-refractivity contribution in [3.63, 3.8) is 0 Å². The molecule has 0 bridgehead atoms. The summed E-state index contributed by atoms with van der Waals surface area (Å²) in [6.45, 7) is 4.79. The summed E-state index contributed by atoms with van der Waals surface area (Å²) in [5.41, 5.74) is 5.67. The van der Waals surface area contributed by atoms with E-state index in [1.54, 1.807) is 18.7 Å². The van der Waals surface area contributed by atoms with Crippen LogP contribution in [-0.2, 0) is 15.0 Å². The number of nitrogens with two attached hydrogens (primary N) is 2. The Hall–Kier alpha value is -0.700. The zero-order valence-electron chi connectivity index (χ0n) is 10.2. The van der Waals surface area contributed by atoms with Crippen molar-refractivity contribution in [3.8, 4) is 0 Å². The van der Waals surface area contributed by atoms with Crippen LogP contribution in [0.3, 0.4) is 0 Å². The van der Waals surface area contributed by atoms with E-state index in [0.717, 1.165) is 0 Å². The van der Waals surface area contributed by atoms with E-state index in [9.17, 15) is 13.2 Å². The van der Waals surface area contributed by atoms with Crippen LogP contribution in [0.25, 0.3) is 0 Å². The van der Waals surface area contributed by atoms with Gasteiger partial charge in [0.1, 0.15) is 0 Å². The Balaban J connectivity index is 2.56. The van der Waals surface area contributed by atoms with Gasteiger partial charge in [0, 0.05) is 32.2 Å². The molecule has 2 unspecified atom stereocenters. The first kappa shape index (κ1) is 14.4. The Morgan fingerprint density at radius 2 is 1.65 bits per heavy atom. The molecule has 0 spiro atoms. The van der Waals surface area contributed by atoms with E-state index in [0.29, 0.717) is 13.1 Å². The minimum atomic E-state index is -3.64. The first-order chi connectivity index (χ1) is 7.73. The van der Waals surface area contributed by atoms with Crippen molar-refractivity contribution in [3.05, 3.63) is 0 Å². The van der Waals surface area contributed by atoms with Crippen molar-refractivity contribution in [1.29, 1.82) is 0 Å². The largest absolute Gasteiger partial charge is 0.340 e. The lowest BCUT2D eigenvalue weighted by atomic mass is 10.0. The van der Waals surface area contributed by atoms with Gasteiger partial charge in [-0.2, -0.15) is 12.7 Å². The third-order valence-corrected chi connectivity index (χ3v) is 4.17. The number of carbonyl (C=O) groups is 1. The van der Waals surface area contributed by atoms with Gasteiger partial charge in [0.15, 0.2) is 0 Å². The molecule has 7 nitrogen and oxygen atoms in total. The van der Waals surface area contributed by atoms with Crippen molar-refractivity contribution in [2.24, 2.45) is 16.8 Å². The summed E-state index contributed by atoms with van der Waals surface area (Å²) in [4.78, 5) is 13.6. The smallest absolute Gasteiger partial charge is 0.277 e. The Bertz CT molecular complexity index is 374. The van der Waals surface area contributed by atoms with Crippen molar-refractivity contribution in [1.82, 2.24) is 9.21 Å². The third kappa shape index (κ3) is 3.63. The second-order valence-electron chi connectivity index (χ2n) is 4.42. The van der Waals surface area contributed by atoms with Gasteiger partial charge in [0.2, 0.25) is 5.91 Å². The Morgan fingerprint density at radius 3 is 2.00 bits per heavy atom. The van der Waals surface area contributed by atoms with Gasteiger partial charge in [-0.15, -0.1) is 0 Å². The first-order valence-corrected chi connectivity index (χ1v) is 7.06. The average Bonchev–Trinajstić information content (AvgIpc) is 2.26. The number of hydrogen-bond donors (Lipinski definition) is 2. The maximum absolute atomic E-state index is 11.9. The molecule has 0 saturated carbocycles. The van der Waals surface area contributed by atoms with Gasteiger partial charge in [-0.1, -0.05) is 6.92 Å². The van der Waals surface area contributed by atoms with Crippen LogP contribution < -0.4 is 10.9 Å². The fraction of sp³-hybridized carbons (Fsp3) is 0.889. The minimum absolute atomic E-state index is 0.0333. The molecule has 4 N–H and O–H groups in total. The lowest BCUT2D eigenvalue weighted by molar-refractivity contribution is -0.136. The number of carbonyl (C=O) groups excluding carboxylic acids is 1. The molecule has 1 amide bonds. The fourth-order valence-electron chi connectivity index (χ4n) is 1.68. The van der Waals surface area contributed by atoms with E-state index in [-0.39, 0.29) is 31.0 Å². The van der Waals surface area contributed by atoms with Gasteiger partial charge in [-0.05, 0) is 6.92 Å². The topological polar surface area (TPSA) is 110 Å². The molecule has 100 valence electrons. The average molecular weight is 264 g/mol. The Morgan fingerprint density at radius 1 is 1.18 bits per heavy atom. The molecule has 8 heteroatoms. The van der Waals surface area contributed by atoms with Crippen LogP contribution >= 0.6 is 0 Å². The molecule has 1 saturated heterocycles. The van der Waals surface area contributed by atoms with E-state index in [1.807, 2.05) is 0 Å². The highest BCUT2D eigenvalue weighted by Crippen LogP contribution is 2.10. The van der Waals surface area contributed by atoms with Gasteiger partial charge in [0.25, 0.3) is 10.2 Å². The third-order valence-electron chi connectivity index (χ3n) is 3.09. The highest BCUT2D eigenvalue weighted by molar-refractivity contribution is 7.86. The summed E-state index contributed by atoms with van der Waals surface area (Å²) in [7, 11) is -3.64. The van der Waals surface area contributed by atoms with E-state index < -0.39 is 10.2 Å². The van der Waals surface area contributed by atoms with Crippen molar-refractivity contribution < 1.29 is 13.2 Å². The van der Waals surface area contributed by atoms with Gasteiger partial charge < -0.3 is 10.6 Å². The van der Waals surface area contributed by atoms with Gasteiger partial charge in [0.05, 0.1) is 5.92 Å². The van der Waals surface area contributed by atoms with Gasteiger partial charge in [-0.3, -0.25) is 4.79 Å². The first-order valence-electron chi connectivity index (χ1n) is 5.55. The second-order valence-corrected chi connectivity index (χ2v) is 5.96. The summed E-state index contributed by atoms with van der Waals surface area (Å²) in [6, 6.07) is -0.209. The molecule has 0 radical (unpaired) electrons. The predicted molar refractivity (Wildman–Crippen MR) is 64.1 cm³/mol. The summed E-state index contributed by atoms with van der Waals surface area (Å²) < 4.78 is 23.3. The minimum Gasteiger partial charge on any atom is -0.340 e. The SMILES string of the molecule is CC(N)C(C)C(=O)N1CCN(S(N)(=O)=O)CC1. The lowest BCUT2D eigenvalue weighted by Gasteiger charge is -2.34. The predicted octanol–water partition coefficient (Wildman–Crippen LogP) is -1.68. The molecular formula is C9H20N4O3S. The van der Waals surface area contributed by atoms with E-state index in [2.05, 4.69) is 0 Å². The summed E-state index contributed by atoms with van der Waals surface area (Å²) in [5.74, 6) is -0.287. The molecule has 1 aliphatic rings. The Kier molecular flexibility index (Phi) is 4.48. The zero-order valence-corrected chi connectivity index (χ0v) is 11.0. The molecule has 1 rings (SSSR count). The molecule has 0 aromatic heterocycles. The molecular weight excluding hydrogens is 244 g/mol. The normalized spacial score (nSPS) is 22.2. The molecule has 0 aromatic rings. The standard InChI is InChI=1S/C9H20N4O3S/c1-7(8(2)10)9(14)12-3-5-13(6-4-12)17(11,15)16/h7-8H,3-6,10H2,1-2H3,(H2,11,15,16). The summed E-state index contributed by atoms with van der Waals surface area (Å²) >= 11 is 0. The van der Waals surface area contributed by atoms with Crippen molar-refractivity contribution in [2.75, 3.05) is 26.2 Å². The maximum Gasteiger partial charge on any atom is 0.277 e. The zero-order chi connectivity index (χ0) is 13.2. The summed E-state index contributed by atoms with van der Waals surface area (Å²) in [5, 5.41) is 5.01. The second kappa shape index (κ2) is 5.30. The fourth-order valence-corrected chi connectivity index (χ4v) is 2.35. The van der Waals surface area contributed by atoms with Crippen LogP contribution in [0.2, 0.25) is 0 Å². The van der Waals surface area contributed by atoms with Gasteiger partial charge in [-0.25, -0.2) is 5.14 Å². The highest BCUT2D eigenvalue weighted by Gasteiger charge is 2.29. The quantitative estimate of drug-likeness (QED) is 0.634. The van der Waals surface area contributed by atoms with Crippen LogP contribution in [0.1, 0.15) is 13.8 Å². The number of piperazine rings is 1. The van der Waals surface area contributed by atoms with Crippen LogP contribution in [0.15, 0.2) is 0 Å². The number of hydrogen-bond acceptors (Lipinski definition) is 4. The highest BCUT2D eigenvalue weighted by atomic mass is 32.2. The van der Waals surface area contributed by atoms with Crippen LogP contribution in [0.5, 0.6) is 0 Å². The number of amides is 1. The van der Waals surface area contributed by atoms with Gasteiger partial charge >= 0.3 is 0 Å². The van der Waals surface area contributed by atoms with Crippen LogP contribution in [0.4, 0.5) is 0 Å². The van der Waals surface area contributed by atoms with E-state index >= 15 is 0 Å². The molecule has 0 aliphatic carbocycles. The lowest BCUT2D eigenvalue weighted by Crippen LogP contribution is -2.54. The Labute approximate surface area is 102 Å². The molecule has 0 aromatic carbocycles. The van der Waals surface area contributed by atoms with E-state index in [4.69, 9.17) is 10.9 Å². The molecule has 17 heavy (non-hydrogen) atoms. The molecule has 1 aliphatic heterocycles. The number of nitrogens with zero attached hydrogens (tertiary/aromatic N) is 2. The molecule has 2 atom stereocenters. The van der Waals surface area contributed by atoms with E-state index in [1.165, 1.54) is 4.31 Å². The van der Waals surface area contributed by atoms with Crippen molar-refractivity contribution in [2.45, 2.75) is 19.9 Å². The number of rotatable bonds is 3.